The number of rotatable bonds is 9. The molecule has 1 unspecified atom stereocenters. The van der Waals surface area contributed by atoms with Gasteiger partial charge in [-0.2, -0.15) is 0 Å². The molecule has 5 nitrogen and oxygen atoms in total. The maximum absolute atomic E-state index is 13.3. The summed E-state index contributed by atoms with van der Waals surface area (Å²) in [7, 11) is 0. The van der Waals surface area contributed by atoms with Crippen LogP contribution in [0.4, 0.5) is 14.9 Å². The Morgan fingerprint density at radius 1 is 1.06 bits per heavy atom. The van der Waals surface area contributed by atoms with Gasteiger partial charge in [-0.3, -0.25) is 0 Å². The van der Waals surface area contributed by atoms with Gasteiger partial charge in [0.25, 0.3) is 0 Å². The van der Waals surface area contributed by atoms with Gasteiger partial charge in [-0.15, -0.1) is 0 Å². The molecule has 0 bridgehead atoms. The molecular weight excluding hydrogens is 415 g/mol. The summed E-state index contributed by atoms with van der Waals surface area (Å²) in [6, 6.07) is 20.1. The molecule has 3 aromatic rings. The fourth-order valence-electron chi connectivity index (χ4n) is 3.06. The molecule has 0 aliphatic rings. The molecule has 0 fully saturated rings. The highest BCUT2D eigenvalue weighted by Gasteiger charge is 2.16. The van der Waals surface area contributed by atoms with Gasteiger partial charge in [0.15, 0.2) is 0 Å². The van der Waals surface area contributed by atoms with Crippen molar-refractivity contribution in [3.63, 3.8) is 0 Å². The van der Waals surface area contributed by atoms with Gasteiger partial charge >= 0.3 is 6.03 Å². The van der Waals surface area contributed by atoms with E-state index in [4.69, 9.17) is 15.2 Å². The van der Waals surface area contributed by atoms with Crippen LogP contribution in [-0.2, 0) is 0 Å². The van der Waals surface area contributed by atoms with E-state index in [-0.39, 0.29) is 5.82 Å². The van der Waals surface area contributed by atoms with Crippen molar-refractivity contribution in [3.05, 3.63) is 78.6 Å². The number of anilines is 1. The molecule has 2 amide bonds. The summed E-state index contributed by atoms with van der Waals surface area (Å²) in [6.45, 7) is 2.09. The van der Waals surface area contributed by atoms with Gasteiger partial charge in [0.05, 0.1) is 5.69 Å². The first-order valence-electron chi connectivity index (χ1n) is 10.0. The van der Waals surface area contributed by atoms with E-state index in [0.717, 1.165) is 28.3 Å². The number of unbranched alkanes of at least 4 members (excludes halogenated alkanes) is 1. The highest BCUT2D eigenvalue weighted by Crippen LogP contribution is 2.32. The lowest BCUT2D eigenvalue weighted by molar-refractivity contribution is -0.00164. The molecule has 162 valence electrons. The minimum Gasteiger partial charge on any atom is -0.455 e. The fraction of sp³-hybridized carbons (Fsp3) is 0.208. The van der Waals surface area contributed by atoms with Crippen LogP contribution in [0.5, 0.6) is 11.5 Å². The molecule has 0 aromatic heterocycles. The lowest BCUT2D eigenvalue weighted by Crippen LogP contribution is -2.27. The number of amides is 2. The Labute approximate surface area is 187 Å². The summed E-state index contributed by atoms with van der Waals surface area (Å²) in [5.74, 6) is 0.873. The zero-order valence-electron chi connectivity index (χ0n) is 17.2. The first-order valence-corrected chi connectivity index (χ1v) is 10.4. The number of nitrogens with zero attached hydrogens (tertiary/aromatic N) is 1. The Bertz CT molecular complexity index is 1010. The molecule has 0 saturated heterocycles. The Morgan fingerprint density at radius 2 is 1.81 bits per heavy atom. The molecule has 1 atom stereocenters. The number of carbonyl (C=O) groups is 1. The first kappa shape index (κ1) is 22.5. The van der Waals surface area contributed by atoms with Crippen molar-refractivity contribution in [1.29, 1.82) is 0 Å². The number of hydrogen-bond acceptors (Lipinski definition) is 4. The van der Waals surface area contributed by atoms with E-state index < -0.39 is 12.3 Å². The van der Waals surface area contributed by atoms with Crippen LogP contribution in [0.25, 0.3) is 11.1 Å². The van der Waals surface area contributed by atoms with Gasteiger partial charge in [0.2, 0.25) is 6.29 Å². The van der Waals surface area contributed by atoms with Crippen LogP contribution in [0, 0.1) is 5.82 Å². The van der Waals surface area contributed by atoms with Gasteiger partial charge in [0.1, 0.15) is 17.3 Å². The largest absolute Gasteiger partial charge is 0.455 e. The molecule has 0 radical (unpaired) electrons. The lowest BCUT2D eigenvalue weighted by atomic mass is 10.0. The summed E-state index contributed by atoms with van der Waals surface area (Å²) in [5.41, 5.74) is 7.48. The molecule has 0 aliphatic carbocycles. The van der Waals surface area contributed by atoms with E-state index in [1.807, 2.05) is 24.3 Å². The zero-order valence-corrected chi connectivity index (χ0v) is 18.1. The molecule has 0 heterocycles. The minimum atomic E-state index is -0.688. The van der Waals surface area contributed by atoms with Gasteiger partial charge in [-0.05, 0) is 42.3 Å². The second-order valence-electron chi connectivity index (χ2n) is 6.96. The molecule has 7 heteroatoms. The highest BCUT2D eigenvalue weighted by molar-refractivity contribution is 7.82. The Balaban J connectivity index is 1.84. The SMILES string of the molecule is CCCCC(Oc1cccc(N(S)C(N)=O)c1)Oc1ccccc1-c1ccc(F)cc1. The standard InChI is InChI=1S/C24H25FN2O3S/c1-2-3-11-23(29-20-8-6-7-19(16-20)27(31)24(26)28)30-22-10-5-4-9-21(22)17-12-14-18(25)15-13-17/h4-10,12-16,23,31H,2-3,11H2,1H3,(H2,26,28). The van der Waals surface area contributed by atoms with E-state index in [1.165, 1.54) is 12.1 Å². The molecule has 3 aromatic carbocycles. The van der Waals surface area contributed by atoms with Crippen LogP contribution in [0.2, 0.25) is 0 Å². The number of nitrogens with two attached hydrogens (primary N) is 1. The Morgan fingerprint density at radius 3 is 2.52 bits per heavy atom. The van der Waals surface area contributed by atoms with Crippen molar-refractivity contribution in [2.45, 2.75) is 32.5 Å². The molecule has 3 rings (SSSR count). The van der Waals surface area contributed by atoms with E-state index in [9.17, 15) is 9.18 Å². The fourth-order valence-corrected chi connectivity index (χ4v) is 3.18. The van der Waals surface area contributed by atoms with Crippen molar-refractivity contribution in [3.8, 4) is 22.6 Å². The summed E-state index contributed by atoms with van der Waals surface area (Å²) in [4.78, 5) is 11.4. The van der Waals surface area contributed by atoms with E-state index in [0.29, 0.717) is 23.6 Å². The molecule has 0 aliphatic heterocycles. The van der Waals surface area contributed by atoms with Crippen LogP contribution in [0.15, 0.2) is 72.8 Å². The maximum Gasteiger partial charge on any atom is 0.329 e. The smallest absolute Gasteiger partial charge is 0.329 e. The number of thiol groups is 1. The zero-order chi connectivity index (χ0) is 22.2. The third kappa shape index (κ3) is 6.15. The predicted octanol–water partition coefficient (Wildman–Crippen LogP) is 6.20. The number of benzene rings is 3. The van der Waals surface area contributed by atoms with E-state index >= 15 is 0 Å². The maximum atomic E-state index is 13.3. The predicted molar refractivity (Wildman–Crippen MR) is 124 cm³/mol. The highest BCUT2D eigenvalue weighted by atomic mass is 32.1. The molecule has 31 heavy (non-hydrogen) atoms. The number of carbonyl (C=O) groups excluding carboxylic acids is 1. The van der Waals surface area contributed by atoms with Crippen molar-refractivity contribution in [2.75, 3.05) is 4.31 Å². The first-order chi connectivity index (χ1) is 15.0. The number of para-hydroxylation sites is 1. The summed E-state index contributed by atoms with van der Waals surface area (Å²) < 4.78 is 26.7. The minimum absolute atomic E-state index is 0.291. The van der Waals surface area contributed by atoms with Crippen LogP contribution in [0.3, 0.4) is 0 Å². The third-order valence-corrected chi connectivity index (χ3v) is 5.06. The molecule has 0 spiro atoms. The molecular formula is C24H25FN2O3S. The summed E-state index contributed by atoms with van der Waals surface area (Å²) >= 11 is 4.10. The quantitative estimate of drug-likeness (QED) is 0.308. The van der Waals surface area contributed by atoms with Crippen molar-refractivity contribution in [2.24, 2.45) is 5.73 Å². The van der Waals surface area contributed by atoms with Crippen LogP contribution in [-0.4, -0.2) is 12.3 Å². The number of primary amides is 1. The average Bonchev–Trinajstić information content (AvgIpc) is 2.78. The number of ether oxygens (including phenoxy) is 2. The normalized spacial score (nSPS) is 11.6. The van der Waals surface area contributed by atoms with E-state index in [1.54, 1.807) is 36.4 Å². The van der Waals surface area contributed by atoms with E-state index in [2.05, 4.69) is 19.7 Å². The van der Waals surface area contributed by atoms with Gasteiger partial charge < -0.3 is 15.2 Å². The second-order valence-corrected chi connectivity index (χ2v) is 7.36. The summed E-state index contributed by atoms with van der Waals surface area (Å²) in [5, 5.41) is 0. The van der Waals surface area contributed by atoms with Gasteiger partial charge in [-0.1, -0.05) is 62.6 Å². The molecule has 2 N–H and O–H groups in total. The van der Waals surface area contributed by atoms with Gasteiger partial charge in [-0.25, -0.2) is 13.5 Å². The van der Waals surface area contributed by atoms with Crippen molar-refractivity contribution in [1.82, 2.24) is 0 Å². The van der Waals surface area contributed by atoms with Gasteiger partial charge in [0, 0.05) is 18.1 Å². The number of hydrogen-bond donors (Lipinski definition) is 2. The van der Waals surface area contributed by atoms with Crippen LogP contribution >= 0.6 is 12.8 Å². The Hall–Kier alpha value is -3.19. The molecule has 0 saturated carbocycles. The van der Waals surface area contributed by atoms with Crippen molar-refractivity contribution >= 4 is 24.5 Å². The average molecular weight is 441 g/mol. The monoisotopic (exact) mass is 440 g/mol. The Kier molecular flexibility index (Phi) is 7.78. The third-order valence-electron chi connectivity index (χ3n) is 4.63. The number of urea groups is 1. The lowest BCUT2D eigenvalue weighted by Gasteiger charge is -2.23. The topological polar surface area (TPSA) is 64.8 Å². The number of halogens is 1. The summed E-state index contributed by atoms with van der Waals surface area (Å²) in [6.07, 6.45) is 2.00. The second kappa shape index (κ2) is 10.7. The van der Waals surface area contributed by atoms with Crippen LogP contribution in [0.1, 0.15) is 26.2 Å². The van der Waals surface area contributed by atoms with Crippen LogP contribution < -0.4 is 19.5 Å². The van der Waals surface area contributed by atoms with Crippen molar-refractivity contribution < 1.29 is 18.7 Å².